The first-order valence-electron chi connectivity index (χ1n) is 8.78. The van der Waals surface area contributed by atoms with Gasteiger partial charge in [-0.1, -0.05) is 19.9 Å². The molecule has 0 bridgehead atoms. The highest BCUT2D eigenvalue weighted by Crippen LogP contribution is 2.29. The van der Waals surface area contributed by atoms with Gasteiger partial charge >= 0.3 is 6.09 Å². The van der Waals surface area contributed by atoms with Crippen LogP contribution in [-0.4, -0.2) is 35.3 Å². The van der Waals surface area contributed by atoms with E-state index < -0.39 is 29.7 Å². The van der Waals surface area contributed by atoms with Gasteiger partial charge in [-0.3, -0.25) is 4.79 Å². The minimum absolute atomic E-state index is 0.0453. The minimum Gasteiger partial charge on any atom is -0.444 e. The molecule has 0 aromatic heterocycles. The number of alkyl carbamates (subject to hydrolysis) is 1. The summed E-state index contributed by atoms with van der Waals surface area (Å²) < 4.78 is 19.6. The van der Waals surface area contributed by atoms with Gasteiger partial charge in [0.25, 0.3) is 0 Å². The van der Waals surface area contributed by atoms with Crippen LogP contribution < -0.4 is 10.2 Å². The molecule has 0 saturated carbocycles. The number of rotatable bonds is 4. The van der Waals surface area contributed by atoms with Crippen LogP contribution in [0.25, 0.3) is 0 Å². The van der Waals surface area contributed by atoms with Gasteiger partial charge in [0, 0.05) is 6.54 Å². The Hall–Kier alpha value is -2.15. The van der Waals surface area contributed by atoms with Gasteiger partial charge in [0.05, 0.1) is 11.8 Å². The number of benzene rings is 1. The Morgan fingerprint density at radius 1 is 1.38 bits per heavy atom. The van der Waals surface area contributed by atoms with E-state index in [0.717, 1.165) is 0 Å². The van der Waals surface area contributed by atoms with Crippen LogP contribution in [0.15, 0.2) is 18.2 Å². The highest BCUT2D eigenvalue weighted by molar-refractivity contribution is 6.01. The summed E-state index contributed by atoms with van der Waals surface area (Å²) in [4.78, 5) is 25.7. The topological polar surface area (TPSA) is 78.9 Å². The summed E-state index contributed by atoms with van der Waals surface area (Å²) in [7, 11) is 0. The highest BCUT2D eigenvalue weighted by Gasteiger charge is 2.36. The highest BCUT2D eigenvalue weighted by atomic mass is 19.1. The van der Waals surface area contributed by atoms with Crippen molar-refractivity contribution in [3.05, 3.63) is 29.6 Å². The van der Waals surface area contributed by atoms with Gasteiger partial charge in [-0.15, -0.1) is 0 Å². The third-order valence-corrected chi connectivity index (χ3v) is 4.13. The molecular formula is C19H27FN2O4. The maximum atomic E-state index is 14.5. The van der Waals surface area contributed by atoms with Crippen molar-refractivity contribution in [3.8, 4) is 0 Å². The van der Waals surface area contributed by atoms with Gasteiger partial charge in [0.15, 0.2) is 0 Å². The number of ether oxygens (including phenoxy) is 1. The van der Waals surface area contributed by atoms with E-state index in [9.17, 15) is 19.1 Å². The quantitative estimate of drug-likeness (QED) is 0.858. The number of anilines is 1. The molecule has 1 fully saturated rings. The first-order valence-corrected chi connectivity index (χ1v) is 8.78. The Balaban J connectivity index is 2.09. The number of nitrogens with zero attached hydrogens (tertiary/aromatic N) is 1. The molecule has 1 aromatic carbocycles. The van der Waals surface area contributed by atoms with Crippen molar-refractivity contribution >= 4 is 17.7 Å². The number of carbonyl (C=O) groups is 2. The molecule has 144 valence electrons. The molecule has 1 heterocycles. The lowest BCUT2D eigenvalue weighted by molar-refractivity contribution is -0.118. The van der Waals surface area contributed by atoms with E-state index in [1.54, 1.807) is 26.8 Å². The number of amides is 2. The predicted octanol–water partition coefficient (Wildman–Crippen LogP) is 3.15. The zero-order valence-electron chi connectivity index (χ0n) is 15.9. The lowest BCUT2D eigenvalue weighted by Gasteiger charge is -2.22. The summed E-state index contributed by atoms with van der Waals surface area (Å²) >= 11 is 0. The number of hydrogen-bond donors (Lipinski definition) is 2. The third-order valence-electron chi connectivity index (χ3n) is 4.13. The molecule has 1 saturated heterocycles. The first-order chi connectivity index (χ1) is 12.0. The standard InChI is InChI=1S/C19H27FN2O4/c1-11(2)16(23)12-6-7-15(13(20)10-12)22-9-8-14(17(22)24)21-18(25)26-19(3,4)5/h6-7,10-11,14,16,23H,8-9H2,1-5H3,(H,21,25)/t14-,16?/m0/s1. The fourth-order valence-electron chi connectivity index (χ4n) is 2.81. The average Bonchev–Trinajstić information content (AvgIpc) is 2.85. The molecule has 2 rings (SSSR count). The molecular weight excluding hydrogens is 339 g/mol. The first kappa shape index (κ1) is 20.2. The second-order valence-electron chi connectivity index (χ2n) is 7.88. The second kappa shape index (κ2) is 7.61. The Kier molecular flexibility index (Phi) is 5.91. The maximum Gasteiger partial charge on any atom is 0.408 e. The second-order valence-corrected chi connectivity index (χ2v) is 7.88. The minimum atomic E-state index is -0.769. The van der Waals surface area contributed by atoms with Crippen molar-refractivity contribution < 1.29 is 23.8 Å². The Bertz CT molecular complexity index is 685. The Morgan fingerprint density at radius 2 is 2.04 bits per heavy atom. The lowest BCUT2D eigenvalue weighted by Crippen LogP contribution is -2.43. The summed E-state index contributed by atoms with van der Waals surface area (Å²) in [5.41, 5.74) is -0.0514. The molecule has 26 heavy (non-hydrogen) atoms. The van der Waals surface area contributed by atoms with Crippen LogP contribution >= 0.6 is 0 Å². The summed E-state index contributed by atoms with van der Waals surface area (Å²) in [6, 6.07) is 3.61. The maximum absolute atomic E-state index is 14.5. The van der Waals surface area contributed by atoms with Crippen LogP contribution in [0.2, 0.25) is 0 Å². The van der Waals surface area contributed by atoms with Crippen LogP contribution in [0.1, 0.15) is 52.7 Å². The van der Waals surface area contributed by atoms with E-state index in [1.807, 2.05) is 13.8 Å². The molecule has 2 amide bonds. The van der Waals surface area contributed by atoms with Crippen molar-refractivity contribution in [3.63, 3.8) is 0 Å². The molecule has 0 aliphatic carbocycles. The number of aliphatic hydroxyl groups excluding tert-OH is 1. The number of carbonyl (C=O) groups excluding carboxylic acids is 2. The SMILES string of the molecule is CC(C)C(O)c1ccc(N2CC[C@H](NC(=O)OC(C)(C)C)C2=O)c(F)c1. The zero-order valence-corrected chi connectivity index (χ0v) is 15.9. The number of hydrogen-bond acceptors (Lipinski definition) is 4. The van der Waals surface area contributed by atoms with Crippen molar-refractivity contribution in [2.45, 2.75) is 58.8 Å². The molecule has 2 atom stereocenters. The molecule has 1 unspecified atom stereocenters. The normalized spacial score (nSPS) is 19.0. The van der Waals surface area contributed by atoms with Crippen molar-refractivity contribution in [2.24, 2.45) is 5.92 Å². The molecule has 1 aliphatic rings. The molecule has 1 aromatic rings. The predicted molar refractivity (Wildman–Crippen MR) is 96.3 cm³/mol. The van der Waals surface area contributed by atoms with Crippen molar-refractivity contribution in [2.75, 3.05) is 11.4 Å². The number of aliphatic hydroxyl groups is 1. The zero-order chi connectivity index (χ0) is 19.6. The van der Waals surface area contributed by atoms with Gasteiger partial charge in [0.2, 0.25) is 5.91 Å². The number of nitrogens with one attached hydrogen (secondary N) is 1. The van der Waals surface area contributed by atoms with Crippen LogP contribution in [0, 0.1) is 11.7 Å². The van der Waals surface area contributed by atoms with E-state index in [4.69, 9.17) is 4.74 Å². The molecule has 0 spiro atoms. The van der Waals surface area contributed by atoms with Gasteiger partial charge < -0.3 is 20.1 Å². The summed E-state index contributed by atoms with van der Waals surface area (Å²) in [6.07, 6.45) is -1.07. The van der Waals surface area contributed by atoms with Crippen LogP contribution in [0.4, 0.5) is 14.9 Å². The van der Waals surface area contributed by atoms with Crippen molar-refractivity contribution in [1.82, 2.24) is 5.32 Å². The van der Waals surface area contributed by atoms with Gasteiger partial charge in [-0.25, -0.2) is 9.18 Å². The van der Waals surface area contributed by atoms with Crippen LogP contribution in [0.3, 0.4) is 0 Å². The summed E-state index contributed by atoms with van der Waals surface area (Å²) in [5.74, 6) is -1.00. The molecule has 7 heteroatoms. The van der Waals surface area contributed by atoms with E-state index in [2.05, 4.69) is 5.32 Å². The van der Waals surface area contributed by atoms with Gasteiger partial charge in [-0.05, 0) is 50.8 Å². The Morgan fingerprint density at radius 3 is 2.58 bits per heavy atom. The largest absolute Gasteiger partial charge is 0.444 e. The van der Waals surface area contributed by atoms with Crippen molar-refractivity contribution in [1.29, 1.82) is 0 Å². The fraction of sp³-hybridized carbons (Fsp3) is 0.579. The van der Waals surface area contributed by atoms with Gasteiger partial charge in [0.1, 0.15) is 17.5 Å². The lowest BCUT2D eigenvalue weighted by atomic mass is 9.99. The third kappa shape index (κ3) is 4.72. The van der Waals surface area contributed by atoms with Gasteiger partial charge in [-0.2, -0.15) is 0 Å². The molecule has 0 radical (unpaired) electrons. The van der Waals surface area contributed by atoms with E-state index in [-0.39, 0.29) is 17.5 Å². The molecule has 6 nitrogen and oxygen atoms in total. The van der Waals surface area contributed by atoms with E-state index in [0.29, 0.717) is 18.5 Å². The average molecular weight is 366 g/mol. The van der Waals surface area contributed by atoms with E-state index >= 15 is 0 Å². The number of halogens is 1. The van der Waals surface area contributed by atoms with E-state index in [1.165, 1.54) is 17.0 Å². The summed E-state index contributed by atoms with van der Waals surface area (Å²) in [6.45, 7) is 9.18. The van der Waals surface area contributed by atoms with Crippen LogP contribution in [-0.2, 0) is 9.53 Å². The molecule has 1 aliphatic heterocycles. The monoisotopic (exact) mass is 366 g/mol. The smallest absolute Gasteiger partial charge is 0.408 e. The van der Waals surface area contributed by atoms with Crippen LogP contribution in [0.5, 0.6) is 0 Å². The fourth-order valence-corrected chi connectivity index (χ4v) is 2.81. The molecule has 2 N–H and O–H groups in total. The Labute approximate surface area is 153 Å². The summed E-state index contributed by atoms with van der Waals surface area (Å²) in [5, 5.41) is 12.6.